The van der Waals surface area contributed by atoms with E-state index in [-0.39, 0.29) is 24.6 Å². The molecule has 15 heteroatoms. The summed E-state index contributed by atoms with van der Waals surface area (Å²) in [5, 5.41) is 34.3. The van der Waals surface area contributed by atoms with Crippen molar-refractivity contribution in [1.29, 1.82) is 0 Å². The van der Waals surface area contributed by atoms with Crippen LogP contribution >= 0.6 is 0 Å². The van der Waals surface area contributed by atoms with Gasteiger partial charge in [0.2, 0.25) is 11.9 Å². The fourth-order valence-corrected chi connectivity index (χ4v) is 4.76. The number of nitrogens with two attached hydrogens (primary N) is 1. The highest BCUT2D eigenvalue weighted by Crippen LogP contribution is 2.17. The number of ether oxygens (including phenoxy) is 3. The summed E-state index contributed by atoms with van der Waals surface area (Å²) in [4.78, 5) is 23.8. The number of phenolic OH excluding ortho intramolecular Hbond substituents is 1. The lowest BCUT2D eigenvalue weighted by atomic mass is 10.2. The minimum absolute atomic E-state index is 0.140. The normalized spacial score (nSPS) is 14.5. The minimum atomic E-state index is -0.388. The number of phenols is 1. The zero-order chi connectivity index (χ0) is 37.9. The molecule has 0 saturated heterocycles. The van der Waals surface area contributed by atoms with E-state index in [0.29, 0.717) is 76.8 Å². The highest BCUT2D eigenvalue weighted by atomic mass is 16.5. The van der Waals surface area contributed by atoms with Crippen molar-refractivity contribution in [3.05, 3.63) is 90.0 Å². The summed E-state index contributed by atoms with van der Waals surface area (Å²) in [5.41, 5.74) is 8.43. The third-order valence-corrected chi connectivity index (χ3v) is 7.68. The number of aliphatic hydroxyl groups is 1. The van der Waals surface area contributed by atoms with E-state index >= 15 is 0 Å². The predicted octanol–water partition coefficient (Wildman–Crippen LogP) is 2.75. The van der Waals surface area contributed by atoms with Crippen molar-refractivity contribution >= 4 is 29.2 Å². The molecule has 290 valence electrons. The molecule has 1 aliphatic rings. The number of aromatic hydroxyl groups is 1. The first-order valence-electron chi connectivity index (χ1n) is 18.0. The van der Waals surface area contributed by atoms with Crippen LogP contribution in [-0.4, -0.2) is 119 Å². The van der Waals surface area contributed by atoms with Crippen LogP contribution in [0.2, 0.25) is 0 Å². The number of unbranched alkanes of at least 4 members (excludes halogenated alkanes) is 2. The lowest BCUT2D eigenvalue weighted by Gasteiger charge is -2.36. The third kappa shape index (κ3) is 17.5. The first-order valence-corrected chi connectivity index (χ1v) is 18.0. The Morgan fingerprint density at radius 3 is 2.25 bits per heavy atom. The van der Waals surface area contributed by atoms with E-state index in [1.54, 1.807) is 36.4 Å². The molecule has 3 aromatic rings. The summed E-state index contributed by atoms with van der Waals surface area (Å²) in [6.07, 6.45) is 2.89. The Bertz CT molecular complexity index is 1480. The molecule has 1 amide bonds. The first-order chi connectivity index (χ1) is 25.9. The summed E-state index contributed by atoms with van der Waals surface area (Å²) in [7, 11) is 3.85. The highest BCUT2D eigenvalue weighted by Gasteiger charge is 2.25. The average Bonchev–Trinajstić information content (AvgIpc) is 3.18. The number of aliphatic imine (C=N–C) groups is 2. The van der Waals surface area contributed by atoms with Crippen LogP contribution in [0, 0.1) is 0 Å². The molecule has 0 aliphatic carbocycles. The minimum Gasteiger partial charge on any atom is -0.508 e. The quantitative estimate of drug-likeness (QED) is 0.0556. The van der Waals surface area contributed by atoms with Gasteiger partial charge in [-0.05, 0) is 86.9 Å². The predicted molar refractivity (Wildman–Crippen MR) is 210 cm³/mol. The van der Waals surface area contributed by atoms with E-state index in [4.69, 9.17) is 30.0 Å². The van der Waals surface area contributed by atoms with Crippen molar-refractivity contribution in [1.82, 2.24) is 20.9 Å². The number of carbonyl (C=O) groups excluding carboxylic acids is 1. The second-order valence-corrected chi connectivity index (χ2v) is 11.9. The first kappa shape index (κ1) is 42.6. The number of carbonyl (C=O) groups is 1. The molecule has 1 aliphatic heterocycles. The van der Waals surface area contributed by atoms with Gasteiger partial charge in [-0.2, -0.15) is 4.99 Å². The van der Waals surface area contributed by atoms with E-state index in [2.05, 4.69) is 31.6 Å². The van der Waals surface area contributed by atoms with Gasteiger partial charge in [-0.3, -0.25) is 4.79 Å². The maximum atomic E-state index is 12.6. The monoisotopic (exact) mass is 735 g/mol. The van der Waals surface area contributed by atoms with Crippen molar-refractivity contribution in [3.63, 3.8) is 0 Å². The molecule has 0 aromatic heterocycles. The Kier molecular flexibility index (Phi) is 21.0. The summed E-state index contributed by atoms with van der Waals surface area (Å²) in [5.74, 6) is 1.01. The van der Waals surface area contributed by atoms with Gasteiger partial charge in [0, 0.05) is 43.7 Å². The Balaban J connectivity index is 0.000000832. The summed E-state index contributed by atoms with van der Waals surface area (Å²) < 4.78 is 16.5. The fraction of sp³-hybridized carbons (Fsp3) is 0.447. The lowest BCUT2D eigenvalue weighted by molar-refractivity contribution is 0.0511. The Labute approximate surface area is 313 Å². The van der Waals surface area contributed by atoms with Gasteiger partial charge < -0.3 is 61.6 Å². The lowest BCUT2D eigenvalue weighted by Crippen LogP contribution is -2.58. The van der Waals surface area contributed by atoms with Crippen molar-refractivity contribution in [2.45, 2.75) is 32.2 Å². The number of guanidine groups is 2. The molecule has 15 nitrogen and oxygen atoms in total. The highest BCUT2D eigenvalue weighted by molar-refractivity contribution is 6.04. The van der Waals surface area contributed by atoms with Gasteiger partial charge >= 0.3 is 0 Å². The second-order valence-electron chi connectivity index (χ2n) is 11.9. The van der Waals surface area contributed by atoms with Crippen LogP contribution in [0.25, 0.3) is 0 Å². The zero-order valence-corrected chi connectivity index (χ0v) is 30.9. The molecular weight excluding hydrogens is 678 g/mol. The Morgan fingerprint density at radius 1 is 0.868 bits per heavy atom. The number of anilines is 2. The van der Waals surface area contributed by atoms with Gasteiger partial charge in [0.25, 0.3) is 5.91 Å². The summed E-state index contributed by atoms with van der Waals surface area (Å²) >= 11 is 0. The van der Waals surface area contributed by atoms with Gasteiger partial charge in [0.15, 0.2) is 6.29 Å². The van der Waals surface area contributed by atoms with Gasteiger partial charge in [0.1, 0.15) is 5.75 Å². The number of aliphatic hydroxyl groups excluding tert-OH is 1. The molecule has 0 bridgehead atoms. The van der Waals surface area contributed by atoms with Gasteiger partial charge in [0.05, 0.1) is 46.2 Å². The number of nitrogens with zero attached hydrogens (tertiary/aromatic N) is 3. The summed E-state index contributed by atoms with van der Waals surface area (Å²) in [6.45, 7) is 5.52. The topological polar surface area (TPSA) is 199 Å². The SMILES string of the molecule is CNCCCCCOCCN=C1N=C(Nc2ccc(C(=O)NCCOCCOCCN)cc2)N(C)C(Nc2ccc(O)cc2)N1.OCc1ccccc1. The molecule has 3 aromatic carbocycles. The molecular formula is C38H57N9O6. The smallest absolute Gasteiger partial charge is 0.251 e. The number of benzene rings is 3. The summed E-state index contributed by atoms with van der Waals surface area (Å²) in [6, 6.07) is 23.5. The van der Waals surface area contributed by atoms with E-state index < -0.39 is 0 Å². The molecule has 4 rings (SSSR count). The number of nitrogens with one attached hydrogen (secondary N) is 5. The van der Waals surface area contributed by atoms with E-state index in [1.165, 1.54) is 0 Å². The number of amides is 1. The number of hydrogen-bond acceptors (Lipinski definition) is 12. The molecule has 1 heterocycles. The number of rotatable bonds is 22. The van der Waals surface area contributed by atoms with Gasteiger partial charge in [-0.1, -0.05) is 30.3 Å². The molecule has 0 saturated carbocycles. The van der Waals surface area contributed by atoms with Crippen molar-refractivity contribution < 1.29 is 29.2 Å². The van der Waals surface area contributed by atoms with E-state index in [0.717, 1.165) is 42.7 Å². The van der Waals surface area contributed by atoms with Gasteiger partial charge in [-0.25, -0.2) is 4.99 Å². The van der Waals surface area contributed by atoms with Crippen LogP contribution in [0.4, 0.5) is 11.4 Å². The van der Waals surface area contributed by atoms with Crippen LogP contribution in [0.1, 0.15) is 35.2 Å². The maximum absolute atomic E-state index is 12.6. The van der Waals surface area contributed by atoms with Crippen molar-refractivity contribution in [3.8, 4) is 5.75 Å². The van der Waals surface area contributed by atoms with Gasteiger partial charge in [-0.15, -0.1) is 0 Å². The third-order valence-electron chi connectivity index (χ3n) is 7.68. The fourth-order valence-electron chi connectivity index (χ4n) is 4.76. The molecule has 0 radical (unpaired) electrons. The van der Waals surface area contributed by atoms with E-state index in [1.807, 2.05) is 61.5 Å². The van der Waals surface area contributed by atoms with Crippen molar-refractivity contribution in [2.24, 2.45) is 15.7 Å². The maximum Gasteiger partial charge on any atom is 0.251 e. The number of hydrogen-bond donors (Lipinski definition) is 8. The molecule has 0 fully saturated rings. The van der Waals surface area contributed by atoms with Crippen LogP contribution in [0.3, 0.4) is 0 Å². The van der Waals surface area contributed by atoms with Crippen LogP contribution < -0.4 is 32.3 Å². The Hall–Kier alpha value is -4.77. The van der Waals surface area contributed by atoms with Crippen molar-refractivity contribution in [2.75, 3.05) is 90.5 Å². The Morgan fingerprint density at radius 2 is 1.57 bits per heavy atom. The molecule has 1 atom stereocenters. The van der Waals surface area contributed by atoms with Crippen LogP contribution in [-0.2, 0) is 20.8 Å². The standard InChI is InChI=1S/C31H49N9O5.C7H8O/c1-33-15-4-3-5-18-43-21-17-35-29-38-30(40(2)31(39-29)37-26-10-12-27(41)13-11-26)36-25-8-6-24(7-9-25)28(42)34-16-20-45-23-22-44-19-14-32;8-6-7-4-2-1-3-5-7/h6-13,31,33,37,41H,3-5,14-23,32H2,1-2H3,(H,34,42)(H2,35,36,38,39);1-5,8H,6H2. The van der Waals surface area contributed by atoms with E-state index in [9.17, 15) is 9.90 Å². The molecule has 53 heavy (non-hydrogen) atoms. The molecule has 1 unspecified atom stereocenters. The average molecular weight is 736 g/mol. The zero-order valence-electron chi connectivity index (χ0n) is 30.9. The second kappa shape index (κ2) is 26.1. The molecule has 9 N–H and O–H groups in total. The van der Waals surface area contributed by atoms with Crippen LogP contribution in [0.5, 0.6) is 5.75 Å². The molecule has 0 spiro atoms. The largest absolute Gasteiger partial charge is 0.508 e. The van der Waals surface area contributed by atoms with Crippen LogP contribution in [0.15, 0.2) is 88.8 Å².